The molecule has 130 valence electrons. The highest BCUT2D eigenvalue weighted by molar-refractivity contribution is 6.74. The Balaban J connectivity index is 5.35. The predicted octanol–water partition coefficient (Wildman–Crippen LogP) is 4.70. The van der Waals surface area contributed by atoms with Crippen LogP contribution in [-0.2, 0) is 14.0 Å². The quantitative estimate of drug-likeness (QED) is 0.232. The van der Waals surface area contributed by atoms with Crippen LogP contribution < -0.4 is 0 Å². The van der Waals surface area contributed by atoms with Crippen molar-refractivity contribution >= 4 is 14.3 Å². The lowest BCUT2D eigenvalue weighted by molar-refractivity contribution is -0.136. The maximum absolute atomic E-state index is 11.4. The van der Waals surface area contributed by atoms with E-state index in [0.29, 0.717) is 13.0 Å². The van der Waals surface area contributed by atoms with Crippen molar-refractivity contribution in [2.75, 3.05) is 6.61 Å². The van der Waals surface area contributed by atoms with Crippen molar-refractivity contribution in [1.29, 1.82) is 0 Å². The normalized spacial score (nSPS) is 13.4. The summed E-state index contributed by atoms with van der Waals surface area (Å²) < 4.78 is 11.4. The summed E-state index contributed by atoms with van der Waals surface area (Å²) in [6.07, 6.45) is 2.26. The molecule has 4 heteroatoms. The van der Waals surface area contributed by atoms with Crippen LogP contribution in [0.15, 0.2) is 18.4 Å². The van der Waals surface area contributed by atoms with Crippen LogP contribution in [0.1, 0.15) is 48.0 Å². The molecule has 23 heavy (non-hydrogen) atoms. The fourth-order valence-corrected chi connectivity index (χ4v) is 3.18. The zero-order valence-corrected chi connectivity index (χ0v) is 17.0. The molecule has 0 heterocycles. The Morgan fingerprint density at radius 1 is 1.26 bits per heavy atom. The highest BCUT2D eigenvalue weighted by atomic mass is 28.4. The van der Waals surface area contributed by atoms with Gasteiger partial charge in [-0.05, 0) is 31.1 Å². The second-order valence-corrected chi connectivity index (χ2v) is 12.5. The number of rotatable bonds is 6. The molecule has 0 aliphatic carbocycles. The maximum Gasteiger partial charge on any atom is 0.384 e. The molecular weight excluding hydrogens is 304 g/mol. The molecule has 0 rings (SSSR count). The van der Waals surface area contributed by atoms with Gasteiger partial charge in [0.15, 0.2) is 8.32 Å². The smallest absolute Gasteiger partial charge is 0.384 e. The Morgan fingerprint density at radius 3 is 2.26 bits per heavy atom. The SMILES string of the molecule is C=C=CC(C)(C)C(CC#CC(=O)OCC)O[Si](C)(C)C(C)(C)C. The highest BCUT2D eigenvalue weighted by Crippen LogP contribution is 2.40. The van der Waals surface area contributed by atoms with E-state index in [4.69, 9.17) is 9.16 Å². The van der Waals surface area contributed by atoms with Crippen molar-refractivity contribution in [3.63, 3.8) is 0 Å². The van der Waals surface area contributed by atoms with Crippen LogP contribution in [0, 0.1) is 17.3 Å². The van der Waals surface area contributed by atoms with Crippen molar-refractivity contribution in [3.8, 4) is 11.8 Å². The van der Waals surface area contributed by atoms with Gasteiger partial charge in [0.2, 0.25) is 0 Å². The molecule has 1 atom stereocenters. The number of hydrogen-bond acceptors (Lipinski definition) is 3. The van der Waals surface area contributed by atoms with E-state index in [0.717, 1.165) is 0 Å². The van der Waals surface area contributed by atoms with Crippen LogP contribution in [-0.4, -0.2) is 27.0 Å². The molecule has 0 saturated carbocycles. The molecule has 0 bridgehead atoms. The van der Waals surface area contributed by atoms with E-state index in [9.17, 15) is 4.79 Å². The lowest BCUT2D eigenvalue weighted by Gasteiger charge is -2.42. The first-order chi connectivity index (χ1) is 10.4. The summed E-state index contributed by atoms with van der Waals surface area (Å²) in [5.74, 6) is 4.95. The van der Waals surface area contributed by atoms with Crippen molar-refractivity contribution in [3.05, 3.63) is 18.4 Å². The van der Waals surface area contributed by atoms with E-state index in [1.54, 1.807) is 6.92 Å². The Labute approximate surface area is 143 Å². The second kappa shape index (κ2) is 8.54. The number of hydrogen-bond donors (Lipinski definition) is 0. The molecule has 0 fully saturated rings. The molecule has 0 N–H and O–H groups in total. The summed E-state index contributed by atoms with van der Waals surface area (Å²) in [5.41, 5.74) is 2.59. The summed E-state index contributed by atoms with van der Waals surface area (Å²) in [5, 5.41) is 0.105. The number of esters is 1. The van der Waals surface area contributed by atoms with Gasteiger partial charge in [0, 0.05) is 17.8 Å². The van der Waals surface area contributed by atoms with E-state index in [1.165, 1.54) is 0 Å². The van der Waals surface area contributed by atoms with Gasteiger partial charge in [-0.15, -0.1) is 5.73 Å². The summed E-state index contributed by atoms with van der Waals surface area (Å²) >= 11 is 0. The van der Waals surface area contributed by atoms with Crippen LogP contribution in [0.4, 0.5) is 0 Å². The maximum atomic E-state index is 11.4. The molecule has 0 aromatic heterocycles. The molecule has 1 unspecified atom stereocenters. The largest absolute Gasteiger partial charge is 0.456 e. The average Bonchev–Trinajstić information content (AvgIpc) is 2.36. The van der Waals surface area contributed by atoms with Gasteiger partial charge in [0.1, 0.15) is 0 Å². The molecule has 0 radical (unpaired) electrons. The molecule has 0 spiro atoms. The lowest BCUT2D eigenvalue weighted by atomic mass is 9.85. The van der Waals surface area contributed by atoms with Crippen molar-refractivity contribution in [1.82, 2.24) is 0 Å². The van der Waals surface area contributed by atoms with E-state index in [2.05, 4.69) is 71.9 Å². The summed E-state index contributed by atoms with van der Waals surface area (Å²) in [6.45, 7) is 21.0. The van der Waals surface area contributed by atoms with E-state index in [-0.39, 0.29) is 16.6 Å². The minimum Gasteiger partial charge on any atom is -0.456 e. The first-order valence-electron chi connectivity index (χ1n) is 8.08. The van der Waals surface area contributed by atoms with Crippen molar-refractivity contribution in [2.45, 2.75) is 72.2 Å². The number of ether oxygens (including phenoxy) is 1. The first-order valence-corrected chi connectivity index (χ1v) is 11.0. The van der Waals surface area contributed by atoms with Gasteiger partial charge in [-0.2, -0.15) is 0 Å². The van der Waals surface area contributed by atoms with Gasteiger partial charge < -0.3 is 9.16 Å². The molecule has 0 saturated heterocycles. The summed E-state index contributed by atoms with van der Waals surface area (Å²) in [7, 11) is -1.95. The molecule has 3 nitrogen and oxygen atoms in total. The Kier molecular flexibility index (Phi) is 8.07. The Morgan fingerprint density at radius 2 is 1.83 bits per heavy atom. The third kappa shape index (κ3) is 7.22. The van der Waals surface area contributed by atoms with E-state index >= 15 is 0 Å². The van der Waals surface area contributed by atoms with Gasteiger partial charge >= 0.3 is 5.97 Å². The topological polar surface area (TPSA) is 35.5 Å². The molecule has 0 amide bonds. The average molecular weight is 337 g/mol. The minimum atomic E-state index is -1.95. The highest BCUT2D eigenvalue weighted by Gasteiger charge is 2.42. The predicted molar refractivity (Wildman–Crippen MR) is 98.6 cm³/mol. The van der Waals surface area contributed by atoms with E-state index < -0.39 is 14.3 Å². The van der Waals surface area contributed by atoms with Gasteiger partial charge in [0.05, 0.1) is 12.7 Å². The van der Waals surface area contributed by atoms with Gasteiger partial charge in [0.25, 0.3) is 0 Å². The Bertz CT molecular complexity index is 509. The monoisotopic (exact) mass is 336 g/mol. The molecule has 0 aromatic carbocycles. The third-order valence-electron chi connectivity index (χ3n) is 4.30. The Hall–Kier alpha value is -1.27. The zero-order valence-electron chi connectivity index (χ0n) is 16.0. The molecule has 0 aromatic rings. The van der Waals surface area contributed by atoms with Gasteiger partial charge in [-0.25, -0.2) is 4.79 Å². The van der Waals surface area contributed by atoms with Crippen LogP contribution in [0.25, 0.3) is 0 Å². The number of carbonyl (C=O) groups is 1. The number of carbonyl (C=O) groups excluding carboxylic acids is 1. The molecule has 0 aliphatic heterocycles. The minimum absolute atomic E-state index is 0.105. The van der Waals surface area contributed by atoms with Crippen LogP contribution in [0.3, 0.4) is 0 Å². The fraction of sp³-hybridized carbons (Fsp3) is 0.684. The fourth-order valence-electron chi connectivity index (χ4n) is 1.73. The lowest BCUT2D eigenvalue weighted by Crippen LogP contribution is -2.47. The van der Waals surface area contributed by atoms with Crippen molar-refractivity contribution in [2.24, 2.45) is 5.41 Å². The van der Waals surface area contributed by atoms with Gasteiger partial charge in [-0.3, -0.25) is 0 Å². The standard InChI is InChI=1S/C19H32O3Si/c1-10-15-19(6,7)16(13-12-14-17(20)21-11-2)22-23(8,9)18(3,4)5/h15-16H,1,11,13H2,2-9H3. The first kappa shape index (κ1) is 21.7. The third-order valence-corrected chi connectivity index (χ3v) is 8.79. The van der Waals surface area contributed by atoms with Crippen LogP contribution in [0.2, 0.25) is 18.1 Å². The van der Waals surface area contributed by atoms with E-state index in [1.807, 2.05) is 6.08 Å². The second-order valence-electron chi connectivity index (χ2n) is 7.76. The van der Waals surface area contributed by atoms with Crippen LogP contribution >= 0.6 is 0 Å². The molecule has 0 aliphatic rings. The van der Waals surface area contributed by atoms with Crippen LogP contribution in [0.5, 0.6) is 0 Å². The summed E-state index contributed by atoms with van der Waals surface area (Å²) in [4.78, 5) is 11.4. The summed E-state index contributed by atoms with van der Waals surface area (Å²) in [6, 6.07) is 0. The zero-order chi connectivity index (χ0) is 18.3. The van der Waals surface area contributed by atoms with Crippen molar-refractivity contribution < 1.29 is 14.0 Å². The molecular formula is C19H32O3Si. The van der Waals surface area contributed by atoms with Gasteiger partial charge in [-0.1, -0.05) is 47.1 Å².